The van der Waals surface area contributed by atoms with E-state index in [2.05, 4.69) is 36.4 Å². The number of rotatable bonds is 6. The summed E-state index contributed by atoms with van der Waals surface area (Å²) in [5.74, 6) is 1.48. The van der Waals surface area contributed by atoms with Crippen molar-refractivity contribution in [2.45, 2.75) is 51.4 Å². The molecule has 0 radical (unpaired) electrons. The maximum absolute atomic E-state index is 12.8. The van der Waals surface area contributed by atoms with E-state index in [0.29, 0.717) is 31.2 Å². The summed E-state index contributed by atoms with van der Waals surface area (Å²) in [4.78, 5) is 14.6. The molecule has 0 spiro atoms. The predicted molar refractivity (Wildman–Crippen MR) is 137 cm³/mol. The summed E-state index contributed by atoms with van der Waals surface area (Å²) >= 11 is 0. The fourth-order valence-electron chi connectivity index (χ4n) is 4.57. The largest absolute Gasteiger partial charge is 0.493 e. The van der Waals surface area contributed by atoms with Crippen LogP contribution in [0.5, 0.6) is 11.5 Å². The summed E-state index contributed by atoms with van der Waals surface area (Å²) in [5, 5.41) is 2.39. The highest BCUT2D eigenvalue weighted by atomic mass is 16.6. The third-order valence-corrected chi connectivity index (χ3v) is 6.32. The molecule has 2 atom stereocenters. The van der Waals surface area contributed by atoms with E-state index in [9.17, 15) is 4.79 Å². The number of hydrogen-bond acceptors (Lipinski definition) is 5. The summed E-state index contributed by atoms with van der Waals surface area (Å²) in [6.45, 7) is 7.17. The highest BCUT2D eigenvalue weighted by molar-refractivity contribution is 5.82. The molecule has 0 saturated carbocycles. The zero-order valence-electron chi connectivity index (χ0n) is 21.2. The molecule has 186 valence electrons. The smallest absolute Gasteiger partial charge is 0.410 e. The summed E-state index contributed by atoms with van der Waals surface area (Å²) in [7, 11) is 3.27. The van der Waals surface area contributed by atoms with Crippen LogP contribution in [-0.4, -0.2) is 50.0 Å². The Morgan fingerprint density at radius 1 is 0.943 bits per heavy atom. The Kier molecular flexibility index (Phi) is 7.51. The molecule has 1 fully saturated rings. The van der Waals surface area contributed by atoms with Crippen LogP contribution in [0.1, 0.15) is 44.2 Å². The van der Waals surface area contributed by atoms with Gasteiger partial charge in [-0.2, -0.15) is 0 Å². The highest BCUT2D eigenvalue weighted by Gasteiger charge is 2.35. The molecule has 1 saturated heterocycles. The van der Waals surface area contributed by atoms with E-state index in [1.54, 1.807) is 19.1 Å². The van der Waals surface area contributed by atoms with Crippen LogP contribution in [0.25, 0.3) is 10.8 Å². The number of carbonyl (C=O) groups excluding carboxylic acids is 1. The maximum atomic E-state index is 12.8. The molecular formula is C29H35NO5. The lowest BCUT2D eigenvalue weighted by atomic mass is 9.86. The van der Waals surface area contributed by atoms with E-state index in [1.807, 2.05) is 45.0 Å². The van der Waals surface area contributed by atoms with E-state index in [-0.39, 0.29) is 18.1 Å². The summed E-state index contributed by atoms with van der Waals surface area (Å²) in [5.41, 5.74) is 1.66. The molecule has 6 heteroatoms. The van der Waals surface area contributed by atoms with Gasteiger partial charge in [-0.1, -0.05) is 42.5 Å². The first-order valence-electron chi connectivity index (χ1n) is 12.1. The Bertz CT molecular complexity index is 1170. The Labute approximate surface area is 207 Å². The fourth-order valence-corrected chi connectivity index (χ4v) is 4.57. The van der Waals surface area contributed by atoms with Crippen molar-refractivity contribution in [2.24, 2.45) is 0 Å². The van der Waals surface area contributed by atoms with Gasteiger partial charge >= 0.3 is 6.09 Å². The van der Waals surface area contributed by atoms with Gasteiger partial charge in [0.05, 0.1) is 33.5 Å². The fraction of sp³-hybridized carbons (Fsp3) is 0.414. The lowest BCUT2D eigenvalue weighted by molar-refractivity contribution is -0.0359. The molecule has 0 bridgehead atoms. The zero-order chi connectivity index (χ0) is 25.0. The topological polar surface area (TPSA) is 57.2 Å². The normalized spacial score (nSPS) is 18.4. The molecule has 0 N–H and O–H groups in total. The average molecular weight is 478 g/mol. The van der Waals surface area contributed by atoms with Gasteiger partial charge in [-0.3, -0.25) is 0 Å². The number of nitrogens with zero attached hydrogens (tertiary/aromatic N) is 1. The molecular weight excluding hydrogens is 442 g/mol. The first-order chi connectivity index (χ1) is 16.8. The number of ether oxygens (including phenoxy) is 4. The quantitative estimate of drug-likeness (QED) is 0.425. The first-order valence-corrected chi connectivity index (χ1v) is 12.1. The number of fused-ring (bicyclic) bond motifs is 1. The lowest BCUT2D eigenvalue weighted by Gasteiger charge is -2.39. The van der Waals surface area contributed by atoms with Gasteiger partial charge in [0.1, 0.15) is 5.60 Å². The van der Waals surface area contributed by atoms with E-state index >= 15 is 0 Å². The standard InChI is InChI=1S/C29H35NO5/c1-29(2,3)35-28(31)30-15-14-24(23-12-13-25(32-4)26(17-23)33-5)27(18-30)34-19-20-10-11-21-8-6-7-9-22(21)16-20/h6-13,16-17,24,27H,14-15,18-19H2,1-5H3. The van der Waals surface area contributed by atoms with Crippen LogP contribution in [0.15, 0.2) is 60.7 Å². The molecule has 2 unspecified atom stereocenters. The molecule has 1 aliphatic heterocycles. The number of amides is 1. The van der Waals surface area contributed by atoms with Crippen molar-refractivity contribution in [3.05, 3.63) is 71.8 Å². The van der Waals surface area contributed by atoms with Crippen LogP contribution in [0.3, 0.4) is 0 Å². The number of likely N-dealkylation sites (tertiary alicyclic amines) is 1. The molecule has 6 nitrogen and oxygen atoms in total. The molecule has 1 amide bonds. The van der Waals surface area contributed by atoms with Crippen molar-refractivity contribution in [3.8, 4) is 11.5 Å². The van der Waals surface area contributed by atoms with Gasteiger partial charge in [0.15, 0.2) is 11.5 Å². The van der Waals surface area contributed by atoms with Crippen molar-refractivity contribution < 1.29 is 23.7 Å². The SMILES string of the molecule is COc1ccc(C2CCN(C(=O)OC(C)(C)C)CC2OCc2ccc3ccccc3c2)cc1OC. The van der Waals surface area contributed by atoms with Gasteiger partial charge in [0, 0.05) is 12.5 Å². The second-order valence-electron chi connectivity index (χ2n) is 9.97. The van der Waals surface area contributed by atoms with Gasteiger partial charge in [-0.25, -0.2) is 4.79 Å². The Morgan fingerprint density at radius 3 is 2.40 bits per heavy atom. The van der Waals surface area contributed by atoms with E-state index < -0.39 is 5.60 Å². The van der Waals surface area contributed by atoms with E-state index in [4.69, 9.17) is 18.9 Å². The Balaban J connectivity index is 1.56. The molecule has 1 aliphatic rings. The minimum absolute atomic E-state index is 0.106. The van der Waals surface area contributed by atoms with Crippen LogP contribution in [-0.2, 0) is 16.1 Å². The van der Waals surface area contributed by atoms with Crippen molar-refractivity contribution in [1.82, 2.24) is 4.90 Å². The number of benzene rings is 3. The Hall–Kier alpha value is -3.25. The van der Waals surface area contributed by atoms with Gasteiger partial charge in [-0.15, -0.1) is 0 Å². The van der Waals surface area contributed by atoms with Crippen LogP contribution in [0.2, 0.25) is 0 Å². The van der Waals surface area contributed by atoms with Crippen LogP contribution in [0.4, 0.5) is 4.79 Å². The zero-order valence-corrected chi connectivity index (χ0v) is 21.2. The van der Waals surface area contributed by atoms with Crippen molar-refractivity contribution in [3.63, 3.8) is 0 Å². The monoisotopic (exact) mass is 477 g/mol. The highest BCUT2D eigenvalue weighted by Crippen LogP contribution is 2.37. The number of methoxy groups -OCH3 is 2. The molecule has 3 aromatic rings. The maximum Gasteiger partial charge on any atom is 0.410 e. The molecule has 35 heavy (non-hydrogen) atoms. The van der Waals surface area contributed by atoms with Gasteiger partial charge < -0.3 is 23.8 Å². The first kappa shape index (κ1) is 24.9. The number of carbonyl (C=O) groups is 1. The van der Waals surface area contributed by atoms with Crippen LogP contribution < -0.4 is 9.47 Å². The molecule has 0 aliphatic carbocycles. The number of piperidine rings is 1. The molecule has 3 aromatic carbocycles. The second-order valence-corrected chi connectivity index (χ2v) is 9.97. The van der Waals surface area contributed by atoms with Crippen LogP contribution >= 0.6 is 0 Å². The minimum Gasteiger partial charge on any atom is -0.493 e. The lowest BCUT2D eigenvalue weighted by Crippen LogP contribution is -2.48. The third kappa shape index (κ3) is 6.06. The summed E-state index contributed by atoms with van der Waals surface area (Å²) in [6.07, 6.45) is 0.264. The van der Waals surface area contributed by atoms with Gasteiger partial charge in [0.2, 0.25) is 0 Å². The summed E-state index contributed by atoms with van der Waals surface area (Å²) in [6, 6.07) is 20.7. The third-order valence-electron chi connectivity index (χ3n) is 6.32. The Morgan fingerprint density at radius 2 is 1.69 bits per heavy atom. The van der Waals surface area contributed by atoms with E-state index in [1.165, 1.54) is 10.8 Å². The van der Waals surface area contributed by atoms with Gasteiger partial charge in [-0.05, 0) is 67.3 Å². The average Bonchev–Trinajstić information content (AvgIpc) is 2.85. The predicted octanol–water partition coefficient (Wildman–Crippen LogP) is 6.17. The minimum atomic E-state index is -0.543. The van der Waals surface area contributed by atoms with Crippen molar-refractivity contribution in [1.29, 1.82) is 0 Å². The van der Waals surface area contributed by atoms with E-state index in [0.717, 1.165) is 17.5 Å². The second kappa shape index (κ2) is 10.6. The van der Waals surface area contributed by atoms with Crippen LogP contribution in [0, 0.1) is 0 Å². The number of hydrogen-bond donors (Lipinski definition) is 0. The molecule has 1 heterocycles. The molecule has 4 rings (SSSR count). The van der Waals surface area contributed by atoms with Crippen molar-refractivity contribution in [2.75, 3.05) is 27.3 Å². The van der Waals surface area contributed by atoms with Gasteiger partial charge in [0.25, 0.3) is 0 Å². The van der Waals surface area contributed by atoms with Crippen molar-refractivity contribution >= 4 is 16.9 Å². The summed E-state index contributed by atoms with van der Waals surface area (Å²) < 4.78 is 23.1. The molecule has 0 aromatic heterocycles.